The largest absolute Gasteiger partial charge is 0.465 e. The van der Waals surface area contributed by atoms with Crippen LogP contribution < -0.4 is 11.1 Å². The standard InChI is InChI=1S/C15H15BrF2N4O4S/c1-5-8(15(25)26-3)14(27-11(5)13(19)24)20-7(23)4-22-6(2)9(16)10(21-22)12(17)18/h12H,4H2,1-3H3,(H2,19,24)(H,20,23). The molecular formula is C15H15BrF2N4O4S. The van der Waals surface area contributed by atoms with Crippen LogP contribution in [-0.2, 0) is 16.1 Å². The molecule has 146 valence electrons. The zero-order chi connectivity index (χ0) is 20.5. The van der Waals surface area contributed by atoms with Gasteiger partial charge in [0.1, 0.15) is 17.2 Å². The van der Waals surface area contributed by atoms with Gasteiger partial charge in [0, 0.05) is 0 Å². The van der Waals surface area contributed by atoms with Crippen molar-refractivity contribution in [1.82, 2.24) is 9.78 Å². The van der Waals surface area contributed by atoms with Crippen LogP contribution in [0.5, 0.6) is 0 Å². The summed E-state index contributed by atoms with van der Waals surface area (Å²) in [6, 6.07) is 0. The van der Waals surface area contributed by atoms with E-state index in [1.165, 1.54) is 13.8 Å². The number of anilines is 1. The molecule has 0 aliphatic heterocycles. The molecule has 0 radical (unpaired) electrons. The molecule has 2 amide bonds. The van der Waals surface area contributed by atoms with Gasteiger partial charge in [0.05, 0.1) is 27.7 Å². The Kier molecular flexibility index (Phi) is 6.31. The Hall–Kier alpha value is -2.34. The fraction of sp³-hybridized carbons (Fsp3) is 0.333. The molecule has 27 heavy (non-hydrogen) atoms. The summed E-state index contributed by atoms with van der Waals surface area (Å²) < 4.78 is 31.7. The third-order valence-electron chi connectivity index (χ3n) is 3.67. The summed E-state index contributed by atoms with van der Waals surface area (Å²) in [5, 5.41) is 6.27. The van der Waals surface area contributed by atoms with Gasteiger partial charge in [0.15, 0.2) is 0 Å². The van der Waals surface area contributed by atoms with Crippen LogP contribution in [0.3, 0.4) is 0 Å². The number of halogens is 3. The number of primary amides is 1. The van der Waals surface area contributed by atoms with Crippen molar-refractivity contribution in [3.05, 3.63) is 31.9 Å². The summed E-state index contributed by atoms with van der Waals surface area (Å²) >= 11 is 3.85. The molecule has 0 aromatic carbocycles. The normalized spacial score (nSPS) is 10.9. The molecule has 2 aromatic heterocycles. The molecule has 8 nitrogen and oxygen atoms in total. The number of aromatic nitrogens is 2. The third-order valence-corrected chi connectivity index (χ3v) is 5.87. The van der Waals surface area contributed by atoms with Gasteiger partial charge in [-0.2, -0.15) is 5.10 Å². The average molecular weight is 465 g/mol. The number of nitrogens with one attached hydrogen (secondary N) is 1. The highest BCUT2D eigenvalue weighted by molar-refractivity contribution is 9.10. The van der Waals surface area contributed by atoms with E-state index in [1.807, 2.05) is 0 Å². The molecule has 0 saturated heterocycles. The van der Waals surface area contributed by atoms with E-state index < -0.39 is 29.9 Å². The molecule has 0 spiro atoms. The lowest BCUT2D eigenvalue weighted by Gasteiger charge is -2.07. The van der Waals surface area contributed by atoms with Crippen LogP contribution in [0.2, 0.25) is 0 Å². The first kappa shape index (κ1) is 21.0. The lowest BCUT2D eigenvalue weighted by atomic mass is 10.1. The summed E-state index contributed by atoms with van der Waals surface area (Å²) in [4.78, 5) is 35.9. The van der Waals surface area contributed by atoms with Gasteiger partial charge < -0.3 is 15.8 Å². The molecule has 0 fully saturated rings. The minimum Gasteiger partial charge on any atom is -0.465 e. The van der Waals surface area contributed by atoms with Crippen LogP contribution in [0.1, 0.15) is 43.4 Å². The smallest absolute Gasteiger partial charge is 0.341 e. The predicted octanol–water partition coefficient (Wildman–Crippen LogP) is 2.79. The van der Waals surface area contributed by atoms with E-state index in [1.54, 1.807) is 0 Å². The van der Waals surface area contributed by atoms with E-state index in [4.69, 9.17) is 5.73 Å². The molecule has 3 N–H and O–H groups in total. The number of esters is 1. The third kappa shape index (κ3) is 4.16. The Morgan fingerprint density at radius 2 is 2.00 bits per heavy atom. The van der Waals surface area contributed by atoms with Crippen molar-refractivity contribution in [2.24, 2.45) is 5.73 Å². The minimum absolute atomic E-state index is 0.0105. The molecule has 2 rings (SSSR count). The molecular weight excluding hydrogens is 450 g/mol. The number of alkyl halides is 2. The number of carbonyl (C=O) groups excluding carboxylic acids is 3. The van der Waals surface area contributed by atoms with Crippen molar-refractivity contribution in [3.8, 4) is 0 Å². The lowest BCUT2D eigenvalue weighted by molar-refractivity contribution is -0.116. The van der Waals surface area contributed by atoms with Crippen LogP contribution in [0.25, 0.3) is 0 Å². The Morgan fingerprint density at radius 1 is 1.37 bits per heavy atom. The van der Waals surface area contributed by atoms with Gasteiger partial charge in [0.2, 0.25) is 5.91 Å². The number of nitrogens with zero attached hydrogens (tertiary/aromatic N) is 2. The van der Waals surface area contributed by atoms with Gasteiger partial charge in [-0.05, 0) is 35.3 Å². The van der Waals surface area contributed by atoms with Gasteiger partial charge in [-0.15, -0.1) is 11.3 Å². The second-order valence-corrected chi connectivity index (χ2v) is 7.22. The van der Waals surface area contributed by atoms with Crippen molar-refractivity contribution in [1.29, 1.82) is 0 Å². The Labute approximate surface area is 164 Å². The van der Waals surface area contributed by atoms with Crippen molar-refractivity contribution in [2.45, 2.75) is 26.8 Å². The Balaban J connectivity index is 2.31. The Morgan fingerprint density at radius 3 is 2.48 bits per heavy atom. The second-order valence-electron chi connectivity index (χ2n) is 5.41. The Bertz CT molecular complexity index is 926. The topological polar surface area (TPSA) is 116 Å². The first-order chi connectivity index (χ1) is 12.6. The summed E-state index contributed by atoms with van der Waals surface area (Å²) in [5.41, 5.74) is 5.44. The van der Waals surface area contributed by atoms with Crippen molar-refractivity contribution in [2.75, 3.05) is 12.4 Å². The first-order valence-electron chi connectivity index (χ1n) is 7.40. The highest BCUT2D eigenvalue weighted by Gasteiger charge is 2.26. The van der Waals surface area contributed by atoms with Crippen molar-refractivity contribution in [3.63, 3.8) is 0 Å². The zero-order valence-corrected chi connectivity index (χ0v) is 16.8. The number of thiophene rings is 1. The van der Waals surface area contributed by atoms with Gasteiger partial charge in [0.25, 0.3) is 12.3 Å². The maximum atomic E-state index is 12.9. The molecule has 2 aromatic rings. The number of nitrogens with two attached hydrogens (primary N) is 1. The fourth-order valence-electron chi connectivity index (χ4n) is 2.33. The van der Waals surface area contributed by atoms with E-state index in [0.717, 1.165) is 23.1 Å². The number of ether oxygens (including phenoxy) is 1. The molecule has 0 saturated carbocycles. The van der Waals surface area contributed by atoms with Gasteiger partial charge >= 0.3 is 5.97 Å². The zero-order valence-electron chi connectivity index (χ0n) is 14.4. The van der Waals surface area contributed by atoms with Crippen molar-refractivity contribution >= 4 is 50.1 Å². The number of hydrogen-bond acceptors (Lipinski definition) is 6. The van der Waals surface area contributed by atoms with E-state index in [-0.39, 0.29) is 32.0 Å². The molecule has 12 heteroatoms. The summed E-state index contributed by atoms with van der Waals surface area (Å²) in [6.45, 7) is 2.65. The highest BCUT2D eigenvalue weighted by atomic mass is 79.9. The number of rotatable bonds is 6. The highest BCUT2D eigenvalue weighted by Crippen LogP contribution is 2.34. The van der Waals surface area contributed by atoms with E-state index in [2.05, 4.69) is 31.1 Å². The SMILES string of the molecule is COC(=O)c1c(NC(=O)Cn2nc(C(F)F)c(Br)c2C)sc(C(N)=O)c1C. The van der Waals surface area contributed by atoms with E-state index >= 15 is 0 Å². The van der Waals surface area contributed by atoms with Gasteiger partial charge in [-0.25, -0.2) is 13.6 Å². The molecule has 2 heterocycles. The average Bonchev–Trinajstić information content (AvgIpc) is 3.05. The monoisotopic (exact) mass is 464 g/mol. The molecule has 0 unspecified atom stereocenters. The van der Waals surface area contributed by atoms with Gasteiger partial charge in [-0.3, -0.25) is 14.3 Å². The van der Waals surface area contributed by atoms with Crippen LogP contribution in [0.4, 0.5) is 13.8 Å². The van der Waals surface area contributed by atoms with E-state index in [9.17, 15) is 23.2 Å². The van der Waals surface area contributed by atoms with Gasteiger partial charge in [-0.1, -0.05) is 0 Å². The van der Waals surface area contributed by atoms with Crippen LogP contribution >= 0.6 is 27.3 Å². The maximum Gasteiger partial charge on any atom is 0.341 e. The number of hydrogen-bond donors (Lipinski definition) is 2. The first-order valence-corrected chi connectivity index (χ1v) is 9.01. The molecule has 0 bridgehead atoms. The summed E-state index contributed by atoms with van der Waals surface area (Å²) in [7, 11) is 1.16. The molecule has 0 atom stereocenters. The molecule has 0 aliphatic carbocycles. The van der Waals surface area contributed by atoms with E-state index in [0.29, 0.717) is 5.69 Å². The van der Waals surface area contributed by atoms with Crippen LogP contribution in [-0.4, -0.2) is 34.7 Å². The van der Waals surface area contributed by atoms with Crippen LogP contribution in [0.15, 0.2) is 4.47 Å². The maximum absolute atomic E-state index is 12.9. The fourth-order valence-corrected chi connectivity index (χ4v) is 3.85. The summed E-state index contributed by atoms with van der Waals surface area (Å²) in [5.74, 6) is -2.13. The number of methoxy groups -OCH3 is 1. The summed E-state index contributed by atoms with van der Waals surface area (Å²) in [6.07, 6.45) is -2.80. The second kappa shape index (κ2) is 8.13. The quantitative estimate of drug-likeness (QED) is 0.637. The minimum atomic E-state index is -2.80. The number of amides is 2. The van der Waals surface area contributed by atoms with Crippen LogP contribution in [0, 0.1) is 13.8 Å². The van der Waals surface area contributed by atoms with Crippen molar-refractivity contribution < 1.29 is 27.9 Å². The predicted molar refractivity (Wildman–Crippen MR) is 97.2 cm³/mol. The lowest BCUT2D eigenvalue weighted by Crippen LogP contribution is -2.21. The molecule has 0 aliphatic rings. The number of carbonyl (C=O) groups is 3.